The molecule has 45 heavy (non-hydrogen) atoms. The standard InChI is InChI=1S/C36H39N3O6/c40-17-18-43-19-20-44-33-23-26(29-11-6-12-30-28-10-5-4-7-25(28)21-31(29)30)22-32(45-33)34(41)38-15-13-36(14-16-38)35(42)37-24-39(36)27-8-2-1-3-9-27/h1-12,22,26,33,40H,13-21,23-24H2,(H,37,42)/t26-,33+/m1/s1. The summed E-state index contributed by atoms with van der Waals surface area (Å²) < 4.78 is 17.7. The Bertz CT molecular complexity index is 1580. The molecule has 9 heteroatoms. The van der Waals surface area contributed by atoms with Gasteiger partial charge in [-0.25, -0.2) is 0 Å². The smallest absolute Gasteiger partial charge is 0.288 e. The summed E-state index contributed by atoms with van der Waals surface area (Å²) in [6.45, 7) is 2.14. The van der Waals surface area contributed by atoms with Crippen LogP contribution in [0.25, 0.3) is 11.1 Å². The zero-order valence-corrected chi connectivity index (χ0v) is 25.3. The zero-order chi connectivity index (χ0) is 30.8. The number of carbonyl (C=O) groups is 2. The number of fused-ring (bicyclic) bond motifs is 3. The van der Waals surface area contributed by atoms with Gasteiger partial charge in [0.25, 0.3) is 5.91 Å². The van der Waals surface area contributed by atoms with Crippen LogP contribution in [0.4, 0.5) is 5.69 Å². The van der Waals surface area contributed by atoms with E-state index in [2.05, 4.69) is 52.7 Å². The number of likely N-dealkylation sites (tertiary alicyclic amines) is 1. The molecular weight excluding hydrogens is 570 g/mol. The third-order valence-corrected chi connectivity index (χ3v) is 9.60. The van der Waals surface area contributed by atoms with E-state index in [1.54, 1.807) is 4.90 Å². The van der Waals surface area contributed by atoms with Crippen molar-refractivity contribution >= 4 is 17.5 Å². The Balaban J connectivity index is 1.12. The number of allylic oxidation sites excluding steroid dienone is 1. The van der Waals surface area contributed by atoms with Gasteiger partial charge in [-0.15, -0.1) is 0 Å². The minimum absolute atomic E-state index is 0.0162. The third kappa shape index (κ3) is 5.60. The maximum Gasteiger partial charge on any atom is 0.288 e. The number of ether oxygens (including phenoxy) is 3. The first-order valence-electron chi connectivity index (χ1n) is 15.9. The van der Waals surface area contributed by atoms with Crippen LogP contribution in [0.3, 0.4) is 0 Å². The molecule has 2 fully saturated rings. The number of nitrogens with zero attached hydrogens (tertiary/aromatic N) is 2. The molecule has 2 atom stereocenters. The molecule has 1 spiro atoms. The SMILES string of the molecule is O=C(C1=C[C@@H](c2cccc3c2Cc2ccccc2-3)C[C@@H](OCCOCCO)O1)N1CCC2(CC1)C(=O)NCN2c1ccccc1. The summed E-state index contributed by atoms with van der Waals surface area (Å²) >= 11 is 0. The molecular formula is C36H39N3O6. The van der Waals surface area contributed by atoms with Crippen LogP contribution < -0.4 is 10.2 Å². The fraction of sp³-hybridized carbons (Fsp3) is 0.389. The van der Waals surface area contributed by atoms with E-state index in [4.69, 9.17) is 19.3 Å². The first-order valence-corrected chi connectivity index (χ1v) is 15.9. The number of benzene rings is 3. The predicted octanol–water partition coefficient (Wildman–Crippen LogP) is 3.95. The molecule has 3 heterocycles. The lowest BCUT2D eigenvalue weighted by atomic mass is 9.85. The van der Waals surface area contributed by atoms with E-state index in [1.165, 1.54) is 27.8 Å². The Hall–Kier alpha value is -4.18. The van der Waals surface area contributed by atoms with Crippen molar-refractivity contribution in [2.45, 2.75) is 43.4 Å². The monoisotopic (exact) mass is 609 g/mol. The fourth-order valence-electron chi connectivity index (χ4n) is 7.33. The van der Waals surface area contributed by atoms with Crippen LogP contribution in [0.1, 0.15) is 41.9 Å². The van der Waals surface area contributed by atoms with E-state index in [1.807, 2.05) is 36.4 Å². The highest BCUT2D eigenvalue weighted by atomic mass is 16.7. The normalized spacial score (nSPS) is 21.6. The van der Waals surface area contributed by atoms with Crippen LogP contribution in [0.2, 0.25) is 0 Å². The van der Waals surface area contributed by atoms with Gasteiger partial charge in [0.05, 0.1) is 33.1 Å². The topological polar surface area (TPSA) is 101 Å². The molecule has 3 aromatic carbocycles. The molecule has 1 aliphatic carbocycles. The van der Waals surface area contributed by atoms with Crippen LogP contribution in [-0.2, 0) is 30.2 Å². The first-order chi connectivity index (χ1) is 22.1. The van der Waals surface area contributed by atoms with Crippen molar-refractivity contribution in [3.8, 4) is 11.1 Å². The molecule has 2 N–H and O–H groups in total. The molecule has 2 saturated heterocycles. The highest BCUT2D eigenvalue weighted by Gasteiger charge is 2.51. The molecule has 0 radical (unpaired) electrons. The lowest BCUT2D eigenvalue weighted by Gasteiger charge is -2.43. The number of piperidine rings is 1. The third-order valence-electron chi connectivity index (χ3n) is 9.60. The van der Waals surface area contributed by atoms with E-state index < -0.39 is 11.8 Å². The van der Waals surface area contributed by atoms with Crippen molar-refractivity contribution in [2.75, 3.05) is 51.1 Å². The maximum atomic E-state index is 14.0. The van der Waals surface area contributed by atoms with Crippen LogP contribution in [0.5, 0.6) is 0 Å². The van der Waals surface area contributed by atoms with Gasteiger partial charge < -0.3 is 34.4 Å². The quantitative estimate of drug-likeness (QED) is 0.277. The summed E-state index contributed by atoms with van der Waals surface area (Å²) in [6, 6.07) is 24.9. The zero-order valence-electron chi connectivity index (χ0n) is 25.3. The first kappa shape index (κ1) is 29.5. The molecule has 0 aromatic heterocycles. The van der Waals surface area contributed by atoms with Crippen molar-refractivity contribution in [1.82, 2.24) is 10.2 Å². The van der Waals surface area contributed by atoms with Gasteiger partial charge in [-0.05, 0) is 65.3 Å². The lowest BCUT2D eigenvalue weighted by molar-refractivity contribution is -0.157. The number of aliphatic hydroxyl groups is 1. The second-order valence-electron chi connectivity index (χ2n) is 12.1. The minimum Gasteiger partial charge on any atom is -0.459 e. The maximum absolute atomic E-state index is 14.0. The molecule has 3 aliphatic heterocycles. The molecule has 0 bridgehead atoms. The van der Waals surface area contributed by atoms with Crippen molar-refractivity contribution in [3.63, 3.8) is 0 Å². The number of rotatable bonds is 9. The Morgan fingerprint density at radius 1 is 0.956 bits per heavy atom. The highest BCUT2D eigenvalue weighted by molar-refractivity contribution is 5.95. The van der Waals surface area contributed by atoms with Gasteiger partial charge in [0.2, 0.25) is 12.2 Å². The second-order valence-corrected chi connectivity index (χ2v) is 12.1. The summed E-state index contributed by atoms with van der Waals surface area (Å²) in [5, 5.41) is 12.1. The number of carbonyl (C=O) groups excluding carboxylic acids is 2. The molecule has 0 unspecified atom stereocenters. The average molecular weight is 610 g/mol. The molecule has 4 aliphatic rings. The second kappa shape index (κ2) is 12.7. The number of hydrogen-bond donors (Lipinski definition) is 2. The van der Waals surface area contributed by atoms with Crippen molar-refractivity contribution < 1.29 is 28.9 Å². The molecule has 3 aromatic rings. The van der Waals surface area contributed by atoms with Crippen LogP contribution in [0.15, 0.2) is 84.6 Å². The van der Waals surface area contributed by atoms with E-state index in [-0.39, 0.29) is 43.3 Å². The van der Waals surface area contributed by atoms with Gasteiger partial charge in [0, 0.05) is 31.1 Å². The van der Waals surface area contributed by atoms with Gasteiger partial charge >= 0.3 is 0 Å². The minimum atomic E-state index is -0.678. The fourth-order valence-corrected chi connectivity index (χ4v) is 7.33. The predicted molar refractivity (Wildman–Crippen MR) is 169 cm³/mol. The van der Waals surface area contributed by atoms with Crippen LogP contribution in [-0.4, -0.2) is 79.8 Å². The van der Waals surface area contributed by atoms with Gasteiger partial charge in [-0.2, -0.15) is 0 Å². The summed E-state index contributed by atoms with van der Waals surface area (Å²) in [4.78, 5) is 31.2. The van der Waals surface area contributed by atoms with Gasteiger partial charge in [-0.3, -0.25) is 9.59 Å². The summed E-state index contributed by atoms with van der Waals surface area (Å²) in [5.41, 5.74) is 6.60. The number of anilines is 1. The van der Waals surface area contributed by atoms with Gasteiger partial charge in [0.15, 0.2) is 5.76 Å². The van der Waals surface area contributed by atoms with Crippen molar-refractivity contribution in [3.05, 3.63) is 101 Å². The lowest BCUT2D eigenvalue weighted by Crippen LogP contribution is -2.57. The Kier molecular flexibility index (Phi) is 8.31. The number of aliphatic hydroxyl groups excluding tert-OH is 1. The Morgan fingerprint density at radius 2 is 1.73 bits per heavy atom. The van der Waals surface area contributed by atoms with Gasteiger partial charge in [-0.1, -0.05) is 60.7 Å². The van der Waals surface area contributed by atoms with E-state index in [9.17, 15) is 9.59 Å². The molecule has 9 nitrogen and oxygen atoms in total. The number of para-hydroxylation sites is 1. The van der Waals surface area contributed by atoms with E-state index in [0.717, 1.165) is 12.1 Å². The van der Waals surface area contributed by atoms with Crippen molar-refractivity contribution in [1.29, 1.82) is 0 Å². The van der Waals surface area contributed by atoms with Crippen molar-refractivity contribution in [2.24, 2.45) is 0 Å². The average Bonchev–Trinajstić information content (AvgIpc) is 3.62. The molecule has 7 rings (SSSR count). The highest BCUT2D eigenvalue weighted by Crippen LogP contribution is 2.43. The van der Waals surface area contributed by atoms with Gasteiger partial charge in [0.1, 0.15) is 5.54 Å². The Labute approximate surface area is 263 Å². The van der Waals surface area contributed by atoms with Crippen LogP contribution in [0, 0.1) is 0 Å². The van der Waals surface area contributed by atoms with E-state index >= 15 is 0 Å². The van der Waals surface area contributed by atoms with E-state index in [0.29, 0.717) is 45.6 Å². The largest absolute Gasteiger partial charge is 0.459 e. The molecule has 0 saturated carbocycles. The molecule has 2 amide bonds. The summed E-state index contributed by atoms with van der Waals surface area (Å²) in [7, 11) is 0. The number of amides is 2. The summed E-state index contributed by atoms with van der Waals surface area (Å²) in [5.74, 6) is 0.0469. The Morgan fingerprint density at radius 3 is 2.56 bits per heavy atom. The summed E-state index contributed by atoms with van der Waals surface area (Å²) in [6.07, 6.45) is 3.82. The van der Waals surface area contributed by atoms with Crippen LogP contribution >= 0.6 is 0 Å². The number of hydrogen-bond acceptors (Lipinski definition) is 7. The molecule has 234 valence electrons. The number of nitrogens with one attached hydrogen (secondary N) is 1.